The van der Waals surface area contributed by atoms with Crippen molar-refractivity contribution >= 4 is 29.0 Å². The summed E-state index contributed by atoms with van der Waals surface area (Å²) in [6, 6.07) is 0. The molecule has 0 heterocycles. The summed E-state index contributed by atoms with van der Waals surface area (Å²) >= 11 is 0. The van der Waals surface area contributed by atoms with Crippen molar-refractivity contribution in [3.63, 3.8) is 0 Å². The fourth-order valence-corrected chi connectivity index (χ4v) is 1.19. The van der Waals surface area contributed by atoms with Gasteiger partial charge in [-0.05, 0) is 12.8 Å². The van der Waals surface area contributed by atoms with Gasteiger partial charge in [-0.2, -0.15) is 0 Å². The average Bonchev–Trinajstić information content (AvgIpc) is 1.97. The summed E-state index contributed by atoms with van der Waals surface area (Å²) in [5, 5.41) is 8.73. The van der Waals surface area contributed by atoms with Gasteiger partial charge in [-0.3, -0.25) is 4.79 Å². The molecule has 0 aliphatic carbocycles. The van der Waals surface area contributed by atoms with E-state index in [0.717, 1.165) is 32.1 Å². The minimum atomic E-state index is -0.625. The summed E-state index contributed by atoms with van der Waals surface area (Å²) in [4.78, 5) is 10.6. The maximum Gasteiger partial charge on any atom is 2.00 e. The third-order valence-corrected chi connectivity index (χ3v) is 1.89. The van der Waals surface area contributed by atoms with E-state index in [1.54, 1.807) is 0 Å². The molecule has 70 valence electrons. The minimum absolute atomic E-state index is 0. The Morgan fingerprint density at radius 1 is 1.33 bits per heavy atom. The fourth-order valence-electron chi connectivity index (χ4n) is 1.19. The van der Waals surface area contributed by atoms with Gasteiger partial charge in [0.15, 0.2) is 0 Å². The van der Waals surface area contributed by atoms with E-state index in [1.807, 2.05) is 6.92 Å². The van der Waals surface area contributed by atoms with E-state index < -0.39 is 5.97 Å². The molecule has 0 spiro atoms. The number of unbranched alkanes of at least 4 members (excludes halogenated alkanes) is 1. The fraction of sp³-hybridized carbons (Fsp3) is 0.889. The molecule has 12 heavy (non-hydrogen) atoms. The Kier molecular flexibility index (Phi) is 11.5. The van der Waals surface area contributed by atoms with Crippen molar-refractivity contribution in [1.82, 2.24) is 0 Å². The molecule has 0 aliphatic heterocycles. The van der Waals surface area contributed by atoms with Gasteiger partial charge in [-0.15, -0.1) is 0 Å². The number of aliphatic carboxylic acids is 1. The Hall–Kier alpha value is 0.236. The Balaban J connectivity index is -0.000000167. The molecule has 2 nitrogen and oxygen atoms in total. The molecule has 0 amide bonds. The summed E-state index contributed by atoms with van der Waals surface area (Å²) in [7, 11) is 0. The van der Waals surface area contributed by atoms with Gasteiger partial charge in [0.2, 0.25) is 0 Å². The van der Waals surface area contributed by atoms with Gasteiger partial charge in [0.05, 0.1) is 5.92 Å². The van der Waals surface area contributed by atoms with E-state index in [1.165, 1.54) is 0 Å². The SMILES string of the molecule is CCCCC(CCC)C(=O)O.[H-].[H-].[Mg+2]. The van der Waals surface area contributed by atoms with Gasteiger partial charge in [-0.25, -0.2) is 0 Å². The summed E-state index contributed by atoms with van der Waals surface area (Å²) in [6.45, 7) is 4.12. The minimum Gasteiger partial charge on any atom is -1.00 e. The molecule has 0 aromatic rings. The first kappa shape index (κ1) is 14.7. The normalized spacial score (nSPS) is 11.8. The summed E-state index contributed by atoms with van der Waals surface area (Å²) < 4.78 is 0. The van der Waals surface area contributed by atoms with Gasteiger partial charge >= 0.3 is 29.0 Å². The molecule has 0 aromatic carbocycles. The molecule has 0 aliphatic rings. The zero-order valence-corrected chi connectivity index (χ0v) is 9.59. The van der Waals surface area contributed by atoms with Crippen molar-refractivity contribution in [1.29, 1.82) is 0 Å². The van der Waals surface area contributed by atoms with Crippen LogP contribution in [-0.4, -0.2) is 34.1 Å². The number of rotatable bonds is 6. The van der Waals surface area contributed by atoms with Crippen LogP contribution in [0.2, 0.25) is 0 Å². The van der Waals surface area contributed by atoms with Gasteiger partial charge in [-0.1, -0.05) is 33.1 Å². The van der Waals surface area contributed by atoms with E-state index in [4.69, 9.17) is 5.11 Å². The van der Waals surface area contributed by atoms with Crippen LogP contribution in [0.4, 0.5) is 0 Å². The molecule has 1 N–H and O–H groups in total. The van der Waals surface area contributed by atoms with Crippen molar-refractivity contribution in [2.75, 3.05) is 0 Å². The zero-order chi connectivity index (χ0) is 8.69. The molecule has 0 saturated heterocycles. The molecule has 0 fully saturated rings. The van der Waals surface area contributed by atoms with Crippen LogP contribution in [0.5, 0.6) is 0 Å². The predicted molar refractivity (Wildman–Crippen MR) is 53.5 cm³/mol. The maximum absolute atomic E-state index is 10.6. The van der Waals surface area contributed by atoms with Crippen LogP contribution in [0, 0.1) is 5.92 Å². The van der Waals surface area contributed by atoms with Crippen LogP contribution in [0.15, 0.2) is 0 Å². The second-order valence-corrected chi connectivity index (χ2v) is 2.97. The number of carbonyl (C=O) groups is 1. The molecule has 1 unspecified atom stereocenters. The molecular formula is C9H20MgO2. The molecule has 0 aromatic heterocycles. The van der Waals surface area contributed by atoms with Crippen LogP contribution in [0.3, 0.4) is 0 Å². The molecule has 0 rings (SSSR count). The van der Waals surface area contributed by atoms with Crippen LogP contribution in [0.1, 0.15) is 48.8 Å². The van der Waals surface area contributed by atoms with Gasteiger partial charge in [0.1, 0.15) is 0 Å². The second kappa shape index (κ2) is 9.33. The summed E-state index contributed by atoms with van der Waals surface area (Å²) in [5.74, 6) is -0.722. The third kappa shape index (κ3) is 6.92. The van der Waals surface area contributed by atoms with Crippen molar-refractivity contribution < 1.29 is 12.8 Å². The van der Waals surface area contributed by atoms with Crippen LogP contribution in [0.25, 0.3) is 0 Å². The van der Waals surface area contributed by atoms with E-state index >= 15 is 0 Å². The molecule has 1 atom stereocenters. The monoisotopic (exact) mass is 184 g/mol. The maximum atomic E-state index is 10.6. The van der Waals surface area contributed by atoms with Crippen molar-refractivity contribution in [2.45, 2.75) is 46.0 Å². The summed E-state index contributed by atoms with van der Waals surface area (Å²) in [5.41, 5.74) is 0. The largest absolute Gasteiger partial charge is 2.00 e. The molecular weight excluding hydrogens is 164 g/mol. The van der Waals surface area contributed by atoms with Crippen LogP contribution >= 0.6 is 0 Å². The average molecular weight is 185 g/mol. The molecule has 0 saturated carbocycles. The number of carboxylic acids is 1. The van der Waals surface area contributed by atoms with Gasteiger partial charge in [0.25, 0.3) is 0 Å². The van der Waals surface area contributed by atoms with E-state index in [9.17, 15) is 4.79 Å². The summed E-state index contributed by atoms with van der Waals surface area (Å²) in [6.07, 6.45) is 4.78. The van der Waals surface area contributed by atoms with Crippen LogP contribution < -0.4 is 0 Å². The first-order valence-corrected chi connectivity index (χ1v) is 4.45. The van der Waals surface area contributed by atoms with Gasteiger partial charge in [0, 0.05) is 0 Å². The quantitative estimate of drug-likeness (QED) is 0.644. The van der Waals surface area contributed by atoms with Gasteiger partial charge < -0.3 is 7.96 Å². The molecule has 3 heteroatoms. The van der Waals surface area contributed by atoms with E-state index in [2.05, 4.69) is 6.92 Å². The van der Waals surface area contributed by atoms with Crippen molar-refractivity contribution in [3.8, 4) is 0 Å². The smallest absolute Gasteiger partial charge is 1.00 e. The number of carboxylic acid groups (broad SMARTS) is 1. The van der Waals surface area contributed by atoms with Crippen molar-refractivity contribution in [3.05, 3.63) is 0 Å². The second-order valence-electron chi connectivity index (χ2n) is 2.97. The van der Waals surface area contributed by atoms with Crippen LogP contribution in [-0.2, 0) is 4.79 Å². The Labute approximate surface area is 93.9 Å². The Bertz CT molecular complexity index is 123. The zero-order valence-electron chi connectivity index (χ0n) is 10.2. The Morgan fingerprint density at radius 2 is 1.92 bits per heavy atom. The predicted octanol–water partition coefficient (Wildman–Crippen LogP) is 2.52. The number of hydrogen-bond donors (Lipinski definition) is 1. The standard InChI is InChI=1S/C9H18O2.Mg.2H/c1-3-5-7-8(6-4-2)9(10)11;;;/h8H,3-7H2,1-2H3,(H,10,11);;;/q;+2;2*-1. The molecule has 0 bridgehead atoms. The topological polar surface area (TPSA) is 37.3 Å². The third-order valence-electron chi connectivity index (χ3n) is 1.89. The Morgan fingerprint density at radius 3 is 2.25 bits per heavy atom. The van der Waals surface area contributed by atoms with Crippen molar-refractivity contribution in [2.24, 2.45) is 5.92 Å². The first-order valence-electron chi connectivity index (χ1n) is 4.45. The van der Waals surface area contributed by atoms with E-state index in [-0.39, 0.29) is 31.8 Å². The first-order chi connectivity index (χ1) is 5.22. The molecule has 0 radical (unpaired) electrons. The van der Waals surface area contributed by atoms with E-state index in [0.29, 0.717) is 0 Å². The number of hydrogen-bond acceptors (Lipinski definition) is 1.